The number of hydrogen-bond acceptors (Lipinski definition) is 6. The molecule has 4 aromatic carbocycles. The largest absolute Gasteiger partial charge is 0.465 e. The number of nitrogens with two attached hydrogens (primary N) is 2. The minimum absolute atomic E-state index is 0.0324. The Kier molecular flexibility index (Phi) is 7.61. The highest BCUT2D eigenvalue weighted by Gasteiger charge is 2.32. The SMILES string of the molecule is Nc1ccc(-c2ccc(OC(=O)C3CCC(C(O)Oc4ccc(-c5ccc(N)cc5)cc4)CC3)cc2)cc1. The predicted octanol–water partition coefficient (Wildman–Crippen LogP) is 6.29. The Morgan fingerprint density at radius 3 is 1.47 bits per heavy atom. The van der Waals surface area contributed by atoms with E-state index in [4.69, 9.17) is 20.9 Å². The average molecular weight is 509 g/mol. The van der Waals surface area contributed by atoms with Gasteiger partial charge in [0.2, 0.25) is 0 Å². The lowest BCUT2D eigenvalue weighted by molar-refractivity contribution is -0.142. The quantitative estimate of drug-likeness (QED) is 0.117. The van der Waals surface area contributed by atoms with Crippen molar-refractivity contribution < 1.29 is 19.4 Å². The summed E-state index contributed by atoms with van der Waals surface area (Å²) >= 11 is 0. The summed E-state index contributed by atoms with van der Waals surface area (Å²) in [5.74, 6) is 0.699. The van der Waals surface area contributed by atoms with Gasteiger partial charge in [0.15, 0.2) is 6.29 Å². The van der Waals surface area contributed by atoms with Crippen LogP contribution in [0.3, 0.4) is 0 Å². The Balaban J connectivity index is 1.09. The summed E-state index contributed by atoms with van der Waals surface area (Å²) < 4.78 is 11.5. The number of rotatable bonds is 7. The van der Waals surface area contributed by atoms with Gasteiger partial charge in [0.1, 0.15) is 11.5 Å². The number of anilines is 2. The molecular formula is C32H32N2O4. The van der Waals surface area contributed by atoms with Crippen LogP contribution in [0, 0.1) is 11.8 Å². The van der Waals surface area contributed by atoms with Crippen LogP contribution in [0.5, 0.6) is 11.5 Å². The number of aliphatic hydroxyl groups excluding tert-OH is 1. The number of carbonyl (C=O) groups is 1. The second-order valence-corrected chi connectivity index (χ2v) is 9.83. The summed E-state index contributed by atoms with van der Waals surface area (Å²) in [6.07, 6.45) is 1.78. The molecule has 5 N–H and O–H groups in total. The zero-order chi connectivity index (χ0) is 26.5. The lowest BCUT2D eigenvalue weighted by Gasteiger charge is -2.30. The molecule has 0 aliphatic heterocycles. The van der Waals surface area contributed by atoms with Crippen molar-refractivity contribution in [1.29, 1.82) is 0 Å². The van der Waals surface area contributed by atoms with Crippen LogP contribution >= 0.6 is 0 Å². The van der Waals surface area contributed by atoms with Crippen LogP contribution in [-0.2, 0) is 4.79 Å². The normalized spacial score (nSPS) is 17.9. The fourth-order valence-electron chi connectivity index (χ4n) is 4.87. The van der Waals surface area contributed by atoms with Crippen LogP contribution in [0.25, 0.3) is 22.3 Å². The fraction of sp³-hybridized carbons (Fsp3) is 0.219. The highest BCUT2D eigenvalue weighted by Crippen LogP contribution is 2.34. The van der Waals surface area contributed by atoms with Gasteiger partial charge in [-0.2, -0.15) is 0 Å². The number of benzene rings is 4. The van der Waals surface area contributed by atoms with Gasteiger partial charge < -0.3 is 26.0 Å². The van der Waals surface area contributed by atoms with Crippen molar-refractivity contribution in [2.75, 3.05) is 11.5 Å². The lowest BCUT2D eigenvalue weighted by atomic mass is 9.81. The highest BCUT2D eigenvalue weighted by molar-refractivity contribution is 5.75. The molecule has 0 radical (unpaired) electrons. The number of nitrogen functional groups attached to an aromatic ring is 2. The maximum absolute atomic E-state index is 12.8. The van der Waals surface area contributed by atoms with E-state index in [1.165, 1.54) is 0 Å². The maximum Gasteiger partial charge on any atom is 0.314 e. The topological polar surface area (TPSA) is 108 Å². The van der Waals surface area contributed by atoms with Crippen molar-refractivity contribution in [3.8, 4) is 33.8 Å². The van der Waals surface area contributed by atoms with Gasteiger partial charge in [0.25, 0.3) is 0 Å². The molecule has 194 valence electrons. The third-order valence-electron chi connectivity index (χ3n) is 7.18. The smallest absolute Gasteiger partial charge is 0.314 e. The van der Waals surface area contributed by atoms with Crippen LogP contribution in [0.2, 0.25) is 0 Å². The highest BCUT2D eigenvalue weighted by atomic mass is 16.6. The van der Waals surface area contributed by atoms with Gasteiger partial charge in [0.05, 0.1) is 5.92 Å². The van der Waals surface area contributed by atoms with Gasteiger partial charge in [-0.05, 0) is 96.5 Å². The zero-order valence-electron chi connectivity index (χ0n) is 21.1. The van der Waals surface area contributed by atoms with Crippen molar-refractivity contribution in [3.05, 3.63) is 97.1 Å². The summed E-state index contributed by atoms with van der Waals surface area (Å²) in [5.41, 5.74) is 17.2. The number of hydrogen-bond donors (Lipinski definition) is 3. The van der Waals surface area contributed by atoms with Crippen molar-refractivity contribution in [2.45, 2.75) is 32.0 Å². The summed E-state index contributed by atoms with van der Waals surface area (Å²) in [4.78, 5) is 12.8. The monoisotopic (exact) mass is 508 g/mol. The first-order chi connectivity index (χ1) is 18.4. The summed E-state index contributed by atoms with van der Waals surface area (Å²) in [6, 6.07) is 30.5. The van der Waals surface area contributed by atoms with Crippen LogP contribution < -0.4 is 20.9 Å². The number of aliphatic hydroxyl groups is 1. The third-order valence-corrected chi connectivity index (χ3v) is 7.18. The average Bonchev–Trinajstić information content (AvgIpc) is 2.95. The first-order valence-corrected chi connectivity index (χ1v) is 12.9. The van der Waals surface area contributed by atoms with E-state index in [1.54, 1.807) is 0 Å². The Morgan fingerprint density at radius 2 is 1.03 bits per heavy atom. The van der Waals surface area contributed by atoms with Gasteiger partial charge in [0, 0.05) is 17.3 Å². The second kappa shape index (κ2) is 11.4. The Hall–Kier alpha value is -4.29. The standard InChI is InChI=1S/C32H32N2O4/c33-27-13-5-21(6-14-27)23-9-17-29(18-10-23)37-31(35)25-1-2-26(4-3-25)32(36)38-30-19-11-24(12-20-30)22-7-15-28(34)16-8-22/h5-20,25-26,31,35H,1-4,33-34H2. The van der Waals surface area contributed by atoms with E-state index in [-0.39, 0.29) is 17.8 Å². The van der Waals surface area contributed by atoms with Crippen LogP contribution in [0.4, 0.5) is 11.4 Å². The Morgan fingerprint density at radius 1 is 0.632 bits per heavy atom. The molecule has 0 bridgehead atoms. The van der Waals surface area contributed by atoms with Crippen LogP contribution in [-0.4, -0.2) is 17.4 Å². The van der Waals surface area contributed by atoms with Crippen LogP contribution in [0.15, 0.2) is 97.1 Å². The molecule has 38 heavy (non-hydrogen) atoms. The van der Waals surface area contributed by atoms with Gasteiger partial charge >= 0.3 is 5.97 Å². The molecule has 0 heterocycles. The fourth-order valence-corrected chi connectivity index (χ4v) is 4.87. The molecule has 0 aromatic heterocycles. The molecule has 1 atom stereocenters. The zero-order valence-corrected chi connectivity index (χ0v) is 21.1. The minimum atomic E-state index is -0.921. The number of ether oxygens (including phenoxy) is 2. The van der Waals surface area contributed by atoms with Crippen molar-refractivity contribution in [1.82, 2.24) is 0 Å². The predicted molar refractivity (Wildman–Crippen MR) is 150 cm³/mol. The molecule has 1 aliphatic carbocycles. The lowest BCUT2D eigenvalue weighted by Crippen LogP contribution is -2.33. The minimum Gasteiger partial charge on any atom is -0.465 e. The number of carbonyl (C=O) groups excluding carboxylic acids is 1. The first-order valence-electron chi connectivity index (χ1n) is 12.9. The molecular weight excluding hydrogens is 476 g/mol. The van der Waals surface area contributed by atoms with Crippen molar-refractivity contribution in [3.63, 3.8) is 0 Å². The molecule has 1 unspecified atom stereocenters. The molecule has 0 amide bonds. The Bertz CT molecular complexity index is 1340. The van der Waals surface area contributed by atoms with Gasteiger partial charge in [-0.1, -0.05) is 48.5 Å². The van der Waals surface area contributed by atoms with E-state index in [0.717, 1.165) is 33.6 Å². The van der Waals surface area contributed by atoms with E-state index in [9.17, 15) is 9.90 Å². The molecule has 5 rings (SSSR count). The molecule has 4 aromatic rings. The molecule has 6 nitrogen and oxygen atoms in total. The maximum atomic E-state index is 12.8. The molecule has 6 heteroatoms. The number of esters is 1. The van der Waals surface area contributed by atoms with Gasteiger partial charge in [-0.15, -0.1) is 0 Å². The van der Waals surface area contributed by atoms with E-state index < -0.39 is 6.29 Å². The van der Waals surface area contributed by atoms with E-state index in [1.807, 2.05) is 97.1 Å². The van der Waals surface area contributed by atoms with Gasteiger partial charge in [-0.3, -0.25) is 4.79 Å². The van der Waals surface area contributed by atoms with E-state index in [0.29, 0.717) is 37.2 Å². The van der Waals surface area contributed by atoms with Crippen molar-refractivity contribution >= 4 is 17.3 Å². The molecule has 0 saturated heterocycles. The van der Waals surface area contributed by atoms with Gasteiger partial charge in [-0.25, -0.2) is 0 Å². The molecule has 1 fully saturated rings. The molecule has 1 saturated carbocycles. The van der Waals surface area contributed by atoms with Crippen LogP contribution in [0.1, 0.15) is 25.7 Å². The Labute approximate surface area is 222 Å². The van der Waals surface area contributed by atoms with E-state index in [2.05, 4.69) is 0 Å². The first kappa shape index (κ1) is 25.4. The second-order valence-electron chi connectivity index (χ2n) is 9.83. The van der Waals surface area contributed by atoms with E-state index >= 15 is 0 Å². The molecule has 0 spiro atoms. The summed E-state index contributed by atoms with van der Waals surface area (Å²) in [6.45, 7) is 0. The van der Waals surface area contributed by atoms with Crippen molar-refractivity contribution in [2.24, 2.45) is 11.8 Å². The molecule has 1 aliphatic rings. The summed E-state index contributed by atoms with van der Waals surface area (Å²) in [5, 5.41) is 10.7. The third kappa shape index (κ3) is 6.15. The summed E-state index contributed by atoms with van der Waals surface area (Å²) in [7, 11) is 0.